The highest BCUT2D eigenvalue weighted by molar-refractivity contribution is 5.87. The molecule has 3 atom stereocenters. The van der Waals surface area contributed by atoms with E-state index in [2.05, 4.69) is 6.92 Å². The molecule has 0 aromatic heterocycles. The first-order valence-electron chi connectivity index (χ1n) is 5.43. The Morgan fingerprint density at radius 2 is 2.40 bits per heavy atom. The van der Waals surface area contributed by atoms with Gasteiger partial charge in [-0.2, -0.15) is 0 Å². The summed E-state index contributed by atoms with van der Waals surface area (Å²) in [5.41, 5.74) is 0. The molecule has 0 amide bonds. The van der Waals surface area contributed by atoms with Crippen LogP contribution in [0, 0.1) is 11.3 Å². The predicted molar refractivity (Wildman–Crippen MR) is 61.0 cm³/mol. The van der Waals surface area contributed by atoms with Crippen LogP contribution in [0.2, 0.25) is 0 Å². The summed E-state index contributed by atoms with van der Waals surface area (Å²) in [5.74, 6) is 0.161. The highest BCUT2D eigenvalue weighted by Crippen LogP contribution is 2.19. The fraction of sp³-hybridized carbons (Fsp3) is 0.583. The molecule has 0 aromatic carbocycles. The fourth-order valence-corrected chi connectivity index (χ4v) is 1.46. The van der Waals surface area contributed by atoms with E-state index in [1.54, 1.807) is 6.08 Å². The zero-order valence-corrected chi connectivity index (χ0v) is 9.31. The van der Waals surface area contributed by atoms with Gasteiger partial charge in [0.15, 0.2) is 0 Å². The minimum atomic E-state index is -0.503. The number of unbranched alkanes of at least 4 members (excludes halogenated alkanes) is 1. The Morgan fingerprint density at radius 3 is 2.93 bits per heavy atom. The average molecular weight is 209 g/mol. The van der Waals surface area contributed by atoms with Crippen LogP contribution in [0.5, 0.6) is 0 Å². The summed E-state index contributed by atoms with van der Waals surface area (Å²) in [6, 6.07) is 0. The first kappa shape index (κ1) is 12.0. The van der Waals surface area contributed by atoms with Crippen molar-refractivity contribution >= 4 is 5.90 Å². The molecule has 0 saturated carbocycles. The van der Waals surface area contributed by atoms with Gasteiger partial charge in [0.25, 0.3) is 0 Å². The van der Waals surface area contributed by atoms with Crippen LogP contribution in [0.4, 0.5) is 0 Å². The number of aliphatic hydroxyl groups excluding tert-OH is 1. The van der Waals surface area contributed by atoms with Gasteiger partial charge in [-0.3, -0.25) is 5.41 Å². The lowest BCUT2D eigenvalue weighted by Crippen LogP contribution is -2.27. The number of aliphatic hydroxyl groups is 1. The molecule has 0 fully saturated rings. The van der Waals surface area contributed by atoms with E-state index >= 15 is 0 Å². The van der Waals surface area contributed by atoms with Crippen molar-refractivity contribution in [1.29, 1.82) is 5.41 Å². The first-order chi connectivity index (χ1) is 7.15. The third-order valence-electron chi connectivity index (χ3n) is 2.55. The summed E-state index contributed by atoms with van der Waals surface area (Å²) in [7, 11) is 0. The lowest BCUT2D eigenvalue weighted by Gasteiger charge is -2.21. The molecule has 2 N–H and O–H groups in total. The lowest BCUT2D eigenvalue weighted by atomic mass is 9.97. The van der Waals surface area contributed by atoms with Gasteiger partial charge in [0.2, 0.25) is 5.90 Å². The zero-order chi connectivity index (χ0) is 11.3. The van der Waals surface area contributed by atoms with E-state index < -0.39 is 6.10 Å². The number of nitrogens with one attached hydrogen (secondary N) is 1. The van der Waals surface area contributed by atoms with E-state index in [-0.39, 0.29) is 17.9 Å². The summed E-state index contributed by atoms with van der Waals surface area (Å²) in [6.45, 7) is 4.03. The molecular weight excluding hydrogens is 190 g/mol. The molecule has 0 radical (unpaired) electrons. The van der Waals surface area contributed by atoms with Crippen LogP contribution in [0.25, 0.3) is 0 Å². The average Bonchev–Trinajstić information content (AvgIpc) is 2.64. The third-order valence-corrected chi connectivity index (χ3v) is 2.55. The largest absolute Gasteiger partial charge is 0.470 e. The van der Waals surface area contributed by atoms with Crippen molar-refractivity contribution < 1.29 is 9.84 Å². The molecule has 1 rings (SSSR count). The Balaban J connectivity index is 2.42. The Kier molecular flexibility index (Phi) is 4.56. The molecule has 0 aromatic rings. The van der Waals surface area contributed by atoms with Crippen LogP contribution in [-0.4, -0.2) is 23.2 Å². The highest BCUT2D eigenvalue weighted by Gasteiger charge is 2.25. The predicted octanol–water partition coefficient (Wildman–Crippen LogP) is 2.27. The SMILES string of the molecule is CCC/C=C/[C@@H](O)C(C)[C@@H]1C=CC(=N)O1. The van der Waals surface area contributed by atoms with Gasteiger partial charge in [-0.15, -0.1) is 0 Å². The van der Waals surface area contributed by atoms with Crippen molar-refractivity contribution in [2.45, 2.75) is 38.9 Å². The second-order valence-electron chi connectivity index (χ2n) is 3.87. The van der Waals surface area contributed by atoms with Gasteiger partial charge in [-0.1, -0.05) is 32.4 Å². The molecule has 3 heteroatoms. The summed E-state index contributed by atoms with van der Waals surface area (Å²) in [5, 5.41) is 17.1. The molecule has 1 heterocycles. The van der Waals surface area contributed by atoms with Crippen LogP contribution >= 0.6 is 0 Å². The topological polar surface area (TPSA) is 53.3 Å². The van der Waals surface area contributed by atoms with Crippen LogP contribution < -0.4 is 0 Å². The monoisotopic (exact) mass is 209 g/mol. The first-order valence-corrected chi connectivity index (χ1v) is 5.43. The van der Waals surface area contributed by atoms with Crippen molar-refractivity contribution in [1.82, 2.24) is 0 Å². The minimum Gasteiger partial charge on any atom is -0.470 e. The van der Waals surface area contributed by atoms with Crippen molar-refractivity contribution in [3.05, 3.63) is 24.3 Å². The van der Waals surface area contributed by atoms with E-state index in [4.69, 9.17) is 10.1 Å². The lowest BCUT2D eigenvalue weighted by molar-refractivity contribution is 0.0847. The van der Waals surface area contributed by atoms with Crippen LogP contribution in [0.1, 0.15) is 26.7 Å². The quantitative estimate of drug-likeness (QED) is 0.682. The second-order valence-corrected chi connectivity index (χ2v) is 3.87. The zero-order valence-electron chi connectivity index (χ0n) is 9.31. The highest BCUT2D eigenvalue weighted by atomic mass is 16.5. The smallest absolute Gasteiger partial charge is 0.206 e. The Bertz CT molecular complexity index is 271. The minimum absolute atomic E-state index is 0.0165. The number of rotatable bonds is 5. The van der Waals surface area contributed by atoms with Crippen molar-refractivity contribution in [3.8, 4) is 0 Å². The molecule has 3 nitrogen and oxygen atoms in total. The van der Waals surface area contributed by atoms with E-state index in [1.807, 2.05) is 25.2 Å². The van der Waals surface area contributed by atoms with Crippen LogP contribution in [0.3, 0.4) is 0 Å². The third kappa shape index (κ3) is 3.51. The summed E-state index contributed by atoms with van der Waals surface area (Å²) in [6.07, 6.45) is 8.66. The van der Waals surface area contributed by atoms with Gasteiger partial charge in [0.1, 0.15) is 6.10 Å². The number of ether oxygens (including phenoxy) is 1. The molecule has 0 saturated heterocycles. The van der Waals surface area contributed by atoms with Gasteiger partial charge in [0.05, 0.1) is 6.10 Å². The number of hydrogen-bond acceptors (Lipinski definition) is 3. The van der Waals surface area contributed by atoms with E-state index in [0.29, 0.717) is 0 Å². The van der Waals surface area contributed by atoms with Crippen molar-refractivity contribution in [3.63, 3.8) is 0 Å². The van der Waals surface area contributed by atoms with Crippen molar-refractivity contribution in [2.24, 2.45) is 5.92 Å². The number of hydrogen-bond donors (Lipinski definition) is 2. The summed E-state index contributed by atoms with van der Waals surface area (Å²) < 4.78 is 5.23. The fourth-order valence-electron chi connectivity index (χ4n) is 1.46. The Labute approximate surface area is 91.0 Å². The number of allylic oxidation sites excluding steroid dienone is 1. The van der Waals surface area contributed by atoms with Gasteiger partial charge in [0, 0.05) is 5.92 Å². The molecule has 0 bridgehead atoms. The summed E-state index contributed by atoms with van der Waals surface area (Å²) >= 11 is 0. The molecular formula is C12H19NO2. The maximum atomic E-state index is 9.82. The molecule has 1 aliphatic rings. The van der Waals surface area contributed by atoms with E-state index in [9.17, 15) is 5.11 Å². The Morgan fingerprint density at radius 1 is 1.67 bits per heavy atom. The van der Waals surface area contributed by atoms with Crippen LogP contribution in [0.15, 0.2) is 24.3 Å². The molecule has 0 spiro atoms. The van der Waals surface area contributed by atoms with Crippen molar-refractivity contribution in [2.75, 3.05) is 0 Å². The maximum Gasteiger partial charge on any atom is 0.206 e. The molecule has 84 valence electrons. The van der Waals surface area contributed by atoms with Gasteiger partial charge >= 0.3 is 0 Å². The van der Waals surface area contributed by atoms with Gasteiger partial charge in [-0.05, 0) is 18.6 Å². The molecule has 15 heavy (non-hydrogen) atoms. The Hall–Kier alpha value is -1.09. The normalized spacial score (nSPS) is 24.5. The maximum absolute atomic E-state index is 9.82. The van der Waals surface area contributed by atoms with Gasteiger partial charge < -0.3 is 9.84 Å². The van der Waals surface area contributed by atoms with Gasteiger partial charge in [-0.25, -0.2) is 0 Å². The molecule has 1 aliphatic heterocycles. The van der Waals surface area contributed by atoms with E-state index in [1.165, 1.54) is 0 Å². The standard InChI is InChI=1S/C12H19NO2/c1-3-4-5-6-10(14)9(2)11-7-8-12(13)15-11/h5-11,13-14H,3-4H2,1-2H3/b6-5+,13-12?/t9?,10-,11+/m1/s1. The van der Waals surface area contributed by atoms with Crippen LogP contribution in [-0.2, 0) is 4.74 Å². The summed E-state index contributed by atoms with van der Waals surface area (Å²) in [4.78, 5) is 0. The molecule has 0 aliphatic carbocycles. The van der Waals surface area contributed by atoms with E-state index in [0.717, 1.165) is 12.8 Å². The molecule has 1 unspecified atom stereocenters. The second kappa shape index (κ2) is 5.71.